The van der Waals surface area contributed by atoms with Crippen LogP contribution in [0.5, 0.6) is 0 Å². The van der Waals surface area contributed by atoms with Crippen molar-refractivity contribution in [1.29, 1.82) is 0 Å². The molecule has 0 bridgehead atoms. The van der Waals surface area contributed by atoms with Crippen LogP contribution in [0.2, 0.25) is 0 Å². The number of methoxy groups -OCH3 is 1. The Morgan fingerprint density at radius 3 is 1.49 bits per heavy atom. The van der Waals surface area contributed by atoms with Crippen molar-refractivity contribution in [2.45, 2.75) is 92.1 Å². The minimum atomic E-state index is -1.84. The van der Waals surface area contributed by atoms with Crippen LogP contribution in [0.3, 0.4) is 0 Å². The topological polar surface area (TPSA) is 263 Å². The molecule has 206 valence electrons. The van der Waals surface area contributed by atoms with Crippen molar-refractivity contribution in [3.05, 3.63) is 0 Å². The van der Waals surface area contributed by atoms with E-state index in [1.807, 2.05) is 0 Å². The maximum Gasteiger partial charge on any atom is 0.187 e. The van der Waals surface area contributed by atoms with E-state index in [-0.39, 0.29) is 0 Å². The summed E-state index contributed by atoms with van der Waals surface area (Å²) in [5.41, 5.74) is 5.83. The van der Waals surface area contributed by atoms with E-state index in [0.29, 0.717) is 0 Å². The highest BCUT2D eigenvalue weighted by atomic mass is 16.8. The second-order valence-electron chi connectivity index (χ2n) is 8.63. The number of rotatable bonds is 8. The highest BCUT2D eigenvalue weighted by Gasteiger charge is 2.53. The summed E-state index contributed by atoms with van der Waals surface area (Å²) in [6, 6.07) is -1.32. The third-order valence-electron chi connectivity index (χ3n) is 6.38. The lowest BCUT2D eigenvalue weighted by atomic mass is 9.95. The highest BCUT2D eigenvalue weighted by molar-refractivity contribution is 4.97. The van der Waals surface area contributed by atoms with Crippen LogP contribution in [0.15, 0.2) is 0 Å². The molecule has 0 aromatic heterocycles. The Morgan fingerprint density at radius 1 is 0.571 bits per heavy atom. The van der Waals surface area contributed by atoms with E-state index >= 15 is 0 Å². The molecular formula is C19H35NO15. The molecule has 11 N–H and O–H groups in total. The number of hydrogen-bond acceptors (Lipinski definition) is 16. The van der Waals surface area contributed by atoms with Crippen LogP contribution in [0, 0.1) is 0 Å². The highest BCUT2D eigenvalue weighted by Crippen LogP contribution is 2.32. The molecule has 0 spiro atoms. The summed E-state index contributed by atoms with van der Waals surface area (Å²) in [7, 11) is 1.22. The van der Waals surface area contributed by atoms with Crippen LogP contribution in [-0.4, -0.2) is 165 Å². The largest absolute Gasteiger partial charge is 0.394 e. The van der Waals surface area contributed by atoms with Crippen molar-refractivity contribution in [3.8, 4) is 0 Å². The summed E-state index contributed by atoms with van der Waals surface area (Å²) >= 11 is 0. The fourth-order valence-electron chi connectivity index (χ4n) is 4.28. The molecule has 0 aromatic carbocycles. The van der Waals surface area contributed by atoms with Crippen LogP contribution in [0.1, 0.15) is 0 Å². The van der Waals surface area contributed by atoms with E-state index in [4.69, 9.17) is 34.2 Å². The van der Waals surface area contributed by atoms with Gasteiger partial charge in [0.15, 0.2) is 18.9 Å². The van der Waals surface area contributed by atoms with Gasteiger partial charge in [0.2, 0.25) is 0 Å². The van der Waals surface area contributed by atoms with E-state index in [9.17, 15) is 46.0 Å². The summed E-state index contributed by atoms with van der Waals surface area (Å²) in [6.07, 6.45) is -21.0. The Balaban J connectivity index is 1.72. The molecule has 16 heteroatoms. The fraction of sp³-hybridized carbons (Fsp3) is 1.00. The number of nitrogens with two attached hydrogens (primary N) is 1. The quantitative estimate of drug-likeness (QED) is 0.143. The zero-order valence-electron chi connectivity index (χ0n) is 18.8. The molecule has 0 aliphatic carbocycles. The zero-order chi connectivity index (χ0) is 26.0. The molecule has 3 fully saturated rings. The SMILES string of the molecule is COC1OC(CO)[C@@H](O[C@@H]2OC(CO)[C@@H](O[C@@H]3OC(CO)[C@@H](O)[C@H](O)C3N)[C@H](O)C2O)[C@H](O)C1O. The summed E-state index contributed by atoms with van der Waals surface area (Å²) in [6.45, 7) is -2.09. The molecule has 3 saturated heterocycles. The van der Waals surface area contributed by atoms with Gasteiger partial charge in [0, 0.05) is 7.11 Å². The summed E-state index contributed by atoms with van der Waals surface area (Å²) in [5, 5.41) is 90.7. The van der Waals surface area contributed by atoms with Crippen molar-refractivity contribution in [3.63, 3.8) is 0 Å². The third kappa shape index (κ3) is 5.78. The number of aliphatic hydroxyl groups is 9. The molecule has 3 heterocycles. The van der Waals surface area contributed by atoms with E-state index in [0.717, 1.165) is 0 Å². The van der Waals surface area contributed by atoms with Crippen molar-refractivity contribution in [2.24, 2.45) is 5.73 Å². The molecular weight excluding hydrogens is 482 g/mol. The number of hydrogen-bond donors (Lipinski definition) is 10. The van der Waals surface area contributed by atoms with Crippen LogP contribution in [0.4, 0.5) is 0 Å². The summed E-state index contributed by atoms with van der Waals surface area (Å²) in [4.78, 5) is 0. The van der Waals surface area contributed by atoms with Gasteiger partial charge in [-0.1, -0.05) is 0 Å². The number of ether oxygens (including phenoxy) is 6. The zero-order valence-corrected chi connectivity index (χ0v) is 18.8. The predicted molar refractivity (Wildman–Crippen MR) is 108 cm³/mol. The molecule has 7 unspecified atom stereocenters. The first-order chi connectivity index (χ1) is 16.6. The Labute approximate surface area is 199 Å². The second-order valence-corrected chi connectivity index (χ2v) is 8.63. The average Bonchev–Trinajstić information content (AvgIpc) is 2.86. The molecule has 0 amide bonds. The van der Waals surface area contributed by atoms with Crippen molar-refractivity contribution < 1.29 is 74.4 Å². The Morgan fingerprint density at radius 2 is 1.00 bits per heavy atom. The third-order valence-corrected chi connectivity index (χ3v) is 6.38. The average molecular weight is 517 g/mol. The second kappa shape index (κ2) is 12.3. The molecule has 16 nitrogen and oxygen atoms in total. The van der Waals surface area contributed by atoms with E-state index < -0.39 is 112 Å². The van der Waals surface area contributed by atoms with Gasteiger partial charge in [0.1, 0.15) is 67.1 Å². The normalized spacial score (nSPS) is 51.3. The van der Waals surface area contributed by atoms with Crippen molar-refractivity contribution in [1.82, 2.24) is 0 Å². The molecule has 3 rings (SSSR count). The fourth-order valence-corrected chi connectivity index (χ4v) is 4.28. The van der Waals surface area contributed by atoms with Gasteiger partial charge >= 0.3 is 0 Å². The first-order valence-electron chi connectivity index (χ1n) is 11.1. The molecule has 0 saturated carbocycles. The minimum absolute atomic E-state index is 0.661. The van der Waals surface area contributed by atoms with Gasteiger partial charge in [-0.25, -0.2) is 0 Å². The van der Waals surface area contributed by atoms with Crippen LogP contribution in [0.25, 0.3) is 0 Å². The maximum absolute atomic E-state index is 10.7. The first-order valence-corrected chi connectivity index (χ1v) is 11.1. The summed E-state index contributed by atoms with van der Waals surface area (Å²) < 4.78 is 32.2. The lowest BCUT2D eigenvalue weighted by Crippen LogP contribution is -2.67. The molecule has 3 aliphatic rings. The standard InChI is InChI=1S/C19H35NO15/c1-30-18-13(28)11(26)16(6(3-22)32-18)35-19-14(29)12(27)15(7(4-23)33-19)34-17-8(20)10(25)9(24)5(2-21)31-17/h5-19,21-29H,2-4,20H2,1H3/t5?,6?,7?,8?,9-,10-,11-,12-,13?,14?,15-,16-,17+,18?,19+/m1/s1. The summed E-state index contributed by atoms with van der Waals surface area (Å²) in [5.74, 6) is 0. The smallest absolute Gasteiger partial charge is 0.187 e. The van der Waals surface area contributed by atoms with Gasteiger partial charge < -0.3 is 80.1 Å². The number of aliphatic hydroxyl groups excluding tert-OH is 9. The molecule has 0 radical (unpaired) electrons. The molecule has 0 aromatic rings. The minimum Gasteiger partial charge on any atom is -0.394 e. The van der Waals surface area contributed by atoms with Gasteiger partial charge in [0.05, 0.1) is 25.9 Å². The van der Waals surface area contributed by atoms with Gasteiger partial charge in [-0.15, -0.1) is 0 Å². The lowest BCUT2D eigenvalue weighted by Gasteiger charge is -2.48. The Kier molecular flexibility index (Phi) is 10.1. The van der Waals surface area contributed by atoms with E-state index in [1.165, 1.54) is 7.11 Å². The van der Waals surface area contributed by atoms with E-state index in [1.54, 1.807) is 0 Å². The van der Waals surface area contributed by atoms with Gasteiger partial charge in [-0.05, 0) is 0 Å². The maximum atomic E-state index is 10.7. The molecule has 15 atom stereocenters. The van der Waals surface area contributed by atoms with Crippen molar-refractivity contribution >= 4 is 0 Å². The Hall–Kier alpha value is -0.640. The molecule has 3 aliphatic heterocycles. The van der Waals surface area contributed by atoms with Gasteiger partial charge in [-0.3, -0.25) is 0 Å². The van der Waals surface area contributed by atoms with Crippen LogP contribution < -0.4 is 5.73 Å². The lowest BCUT2D eigenvalue weighted by molar-refractivity contribution is -0.372. The monoisotopic (exact) mass is 517 g/mol. The van der Waals surface area contributed by atoms with Gasteiger partial charge in [-0.2, -0.15) is 0 Å². The van der Waals surface area contributed by atoms with E-state index in [2.05, 4.69) is 0 Å². The Bertz CT molecular complexity index is 656. The van der Waals surface area contributed by atoms with Gasteiger partial charge in [0.25, 0.3) is 0 Å². The first kappa shape index (κ1) is 28.9. The van der Waals surface area contributed by atoms with Crippen LogP contribution in [-0.2, 0) is 28.4 Å². The predicted octanol–water partition coefficient (Wildman–Crippen LogP) is -6.95. The van der Waals surface area contributed by atoms with Crippen molar-refractivity contribution in [2.75, 3.05) is 26.9 Å². The van der Waals surface area contributed by atoms with Crippen LogP contribution >= 0.6 is 0 Å². The molecule has 35 heavy (non-hydrogen) atoms.